The molecule has 2 fully saturated rings. The maximum Gasteiger partial charge on any atom is 0.234 e. The van der Waals surface area contributed by atoms with Gasteiger partial charge in [0.25, 0.3) is 0 Å². The molecule has 0 amide bonds. The Kier molecular flexibility index (Phi) is 5.99. The number of halogens is 1. The fourth-order valence-corrected chi connectivity index (χ4v) is 5.80. The summed E-state index contributed by atoms with van der Waals surface area (Å²) < 4.78 is 41.2. The summed E-state index contributed by atoms with van der Waals surface area (Å²) in [5.41, 5.74) is 2.22. The molecule has 1 saturated heterocycles. The van der Waals surface area contributed by atoms with E-state index in [9.17, 15) is 12.8 Å². The van der Waals surface area contributed by atoms with Gasteiger partial charge in [0.1, 0.15) is 5.82 Å². The van der Waals surface area contributed by atoms with Gasteiger partial charge in [-0.25, -0.2) is 12.8 Å². The van der Waals surface area contributed by atoms with Crippen molar-refractivity contribution in [1.82, 2.24) is 10.2 Å². The molecule has 4 rings (SSSR count). The van der Waals surface area contributed by atoms with Crippen molar-refractivity contribution in [3.8, 4) is 11.3 Å². The van der Waals surface area contributed by atoms with Crippen LogP contribution in [0.2, 0.25) is 0 Å². The zero-order valence-electron chi connectivity index (χ0n) is 16.5. The molecule has 0 unspecified atom stereocenters. The minimum atomic E-state index is -3.44. The normalized spacial score (nSPS) is 18.2. The van der Waals surface area contributed by atoms with Crippen molar-refractivity contribution in [1.29, 1.82) is 0 Å². The van der Waals surface area contributed by atoms with Gasteiger partial charge in [-0.15, -0.1) is 10.2 Å². The van der Waals surface area contributed by atoms with E-state index >= 15 is 0 Å². The third-order valence-electron chi connectivity index (χ3n) is 5.79. The van der Waals surface area contributed by atoms with Crippen LogP contribution in [0.5, 0.6) is 0 Å². The van der Waals surface area contributed by atoms with Crippen molar-refractivity contribution in [2.24, 2.45) is 5.92 Å². The lowest BCUT2D eigenvalue weighted by molar-refractivity contribution is 0.562. The molecule has 1 aromatic carbocycles. The Morgan fingerprint density at radius 3 is 2.45 bits per heavy atom. The van der Waals surface area contributed by atoms with Gasteiger partial charge in [-0.2, -0.15) is 0 Å². The molecule has 1 aromatic heterocycles. The van der Waals surface area contributed by atoms with Gasteiger partial charge in [0, 0.05) is 24.3 Å². The van der Waals surface area contributed by atoms with Gasteiger partial charge in [0.05, 0.1) is 11.4 Å². The van der Waals surface area contributed by atoms with Crippen LogP contribution in [0.1, 0.15) is 44.9 Å². The minimum Gasteiger partial charge on any atom is -0.371 e. The van der Waals surface area contributed by atoms with E-state index in [1.165, 1.54) is 12.5 Å². The zero-order chi connectivity index (χ0) is 20.3. The average molecular weight is 419 g/mol. The van der Waals surface area contributed by atoms with Crippen LogP contribution in [-0.4, -0.2) is 37.5 Å². The molecule has 1 aliphatic carbocycles. The summed E-state index contributed by atoms with van der Waals surface area (Å²) in [4.78, 5) is 2.18. The maximum absolute atomic E-state index is 13.9. The number of nitrogens with one attached hydrogen (secondary N) is 1. The first-order chi connectivity index (χ1) is 14.0. The standard InChI is InChI=1S/C21H27FN4O2S/c22-17-8-9-18(20(14-17)26-12-4-1-5-13-26)19-10-11-21(24-23-19)25-29(27,28)15-16-6-2-3-7-16/h8-11,14,16H,1-7,12-13,15H2,(H,24,25). The van der Waals surface area contributed by atoms with Crippen molar-refractivity contribution in [2.75, 3.05) is 28.5 Å². The van der Waals surface area contributed by atoms with Crippen molar-refractivity contribution in [3.63, 3.8) is 0 Å². The molecule has 29 heavy (non-hydrogen) atoms. The first-order valence-corrected chi connectivity index (χ1v) is 12.0. The first-order valence-electron chi connectivity index (χ1n) is 10.4. The first kappa shape index (κ1) is 20.1. The van der Waals surface area contributed by atoms with Gasteiger partial charge in [0.2, 0.25) is 10.0 Å². The number of sulfonamides is 1. The Bertz CT molecular complexity index is 938. The van der Waals surface area contributed by atoms with Gasteiger partial charge in [-0.1, -0.05) is 12.8 Å². The highest BCUT2D eigenvalue weighted by Gasteiger charge is 2.23. The molecule has 0 spiro atoms. The number of piperidine rings is 1. The summed E-state index contributed by atoms with van der Waals surface area (Å²) in [5.74, 6) is 0.297. The molecule has 2 aromatic rings. The molecule has 1 aliphatic heterocycles. The van der Waals surface area contributed by atoms with E-state index in [2.05, 4.69) is 19.8 Å². The Morgan fingerprint density at radius 1 is 1.00 bits per heavy atom. The number of nitrogens with zero attached hydrogens (tertiary/aromatic N) is 3. The second kappa shape index (κ2) is 8.65. The Morgan fingerprint density at radius 2 is 1.76 bits per heavy atom. The number of rotatable bonds is 6. The second-order valence-corrected chi connectivity index (χ2v) is 9.81. The topological polar surface area (TPSA) is 75.2 Å². The summed E-state index contributed by atoms with van der Waals surface area (Å²) in [7, 11) is -3.44. The predicted octanol–water partition coefficient (Wildman–Crippen LogP) is 4.20. The van der Waals surface area contributed by atoms with E-state index in [1.807, 2.05) is 0 Å². The lowest BCUT2D eigenvalue weighted by atomic mass is 10.0. The van der Waals surface area contributed by atoms with E-state index in [0.29, 0.717) is 5.69 Å². The molecule has 8 heteroatoms. The van der Waals surface area contributed by atoms with Crippen molar-refractivity contribution >= 4 is 21.5 Å². The summed E-state index contributed by atoms with van der Waals surface area (Å²) >= 11 is 0. The Labute approximate surface area is 171 Å². The van der Waals surface area contributed by atoms with Crippen LogP contribution in [0.15, 0.2) is 30.3 Å². The highest BCUT2D eigenvalue weighted by atomic mass is 32.2. The van der Waals surface area contributed by atoms with Crippen LogP contribution in [0.4, 0.5) is 15.9 Å². The third-order valence-corrected chi connectivity index (χ3v) is 7.22. The largest absolute Gasteiger partial charge is 0.371 e. The predicted molar refractivity (Wildman–Crippen MR) is 113 cm³/mol. The third kappa shape index (κ3) is 5.04. The van der Waals surface area contributed by atoms with Crippen LogP contribution < -0.4 is 9.62 Å². The van der Waals surface area contributed by atoms with Crippen molar-refractivity contribution in [3.05, 3.63) is 36.1 Å². The number of anilines is 2. The molecule has 2 heterocycles. The summed E-state index contributed by atoms with van der Waals surface area (Å²) in [6.45, 7) is 1.78. The van der Waals surface area contributed by atoms with Gasteiger partial charge < -0.3 is 4.90 Å². The number of aromatic nitrogens is 2. The van der Waals surface area contributed by atoms with Crippen LogP contribution >= 0.6 is 0 Å². The zero-order valence-corrected chi connectivity index (χ0v) is 17.3. The Balaban J connectivity index is 1.52. The van der Waals surface area contributed by atoms with E-state index in [4.69, 9.17) is 0 Å². The lowest BCUT2D eigenvalue weighted by Crippen LogP contribution is -2.30. The Hall–Kier alpha value is -2.22. The minimum absolute atomic E-state index is 0.132. The van der Waals surface area contributed by atoms with Crippen LogP contribution in [0, 0.1) is 11.7 Å². The molecule has 1 N–H and O–H groups in total. The molecule has 1 saturated carbocycles. The van der Waals surface area contributed by atoms with E-state index in [1.54, 1.807) is 24.3 Å². The van der Waals surface area contributed by atoms with Gasteiger partial charge in [-0.05, 0) is 68.4 Å². The molecular weight excluding hydrogens is 391 g/mol. The van der Waals surface area contributed by atoms with Crippen LogP contribution in [0.25, 0.3) is 11.3 Å². The highest BCUT2D eigenvalue weighted by Crippen LogP contribution is 2.32. The van der Waals surface area contributed by atoms with Crippen molar-refractivity contribution in [2.45, 2.75) is 44.9 Å². The van der Waals surface area contributed by atoms with Crippen LogP contribution in [0.3, 0.4) is 0 Å². The smallest absolute Gasteiger partial charge is 0.234 e. The lowest BCUT2D eigenvalue weighted by Gasteiger charge is -2.30. The second-order valence-electron chi connectivity index (χ2n) is 8.05. The molecule has 0 radical (unpaired) electrons. The number of hydrogen-bond acceptors (Lipinski definition) is 5. The van der Waals surface area contributed by atoms with E-state index in [-0.39, 0.29) is 23.3 Å². The monoisotopic (exact) mass is 418 g/mol. The summed E-state index contributed by atoms with van der Waals surface area (Å²) in [6.07, 6.45) is 7.51. The quantitative estimate of drug-likeness (QED) is 0.761. The average Bonchev–Trinajstić information content (AvgIpc) is 3.21. The van der Waals surface area contributed by atoms with Gasteiger partial charge in [-0.3, -0.25) is 4.72 Å². The molecule has 0 atom stereocenters. The fraction of sp³-hybridized carbons (Fsp3) is 0.524. The number of hydrogen-bond donors (Lipinski definition) is 1. The van der Waals surface area contributed by atoms with Gasteiger partial charge in [0.15, 0.2) is 5.82 Å². The summed E-state index contributed by atoms with van der Waals surface area (Å²) in [5, 5.41) is 8.29. The maximum atomic E-state index is 13.9. The van der Waals surface area contributed by atoms with E-state index in [0.717, 1.165) is 62.9 Å². The number of benzene rings is 1. The van der Waals surface area contributed by atoms with Gasteiger partial charge >= 0.3 is 0 Å². The molecule has 0 bridgehead atoms. The molecule has 156 valence electrons. The molecular formula is C21H27FN4O2S. The molecule has 2 aliphatic rings. The fourth-order valence-electron chi connectivity index (χ4n) is 4.34. The highest BCUT2D eigenvalue weighted by molar-refractivity contribution is 7.92. The summed E-state index contributed by atoms with van der Waals surface area (Å²) in [6, 6.07) is 8.04. The van der Waals surface area contributed by atoms with E-state index < -0.39 is 10.0 Å². The van der Waals surface area contributed by atoms with Crippen LogP contribution in [-0.2, 0) is 10.0 Å². The SMILES string of the molecule is O=S(=O)(CC1CCCC1)Nc1ccc(-c2ccc(F)cc2N2CCCCC2)nn1. The van der Waals surface area contributed by atoms with Crippen molar-refractivity contribution < 1.29 is 12.8 Å². The molecule has 6 nitrogen and oxygen atoms in total.